The highest BCUT2D eigenvalue weighted by Gasteiger charge is 2.28. The van der Waals surface area contributed by atoms with E-state index in [-0.39, 0.29) is 6.04 Å². The largest absolute Gasteiger partial charge is 0.465 e. The number of aryl methyl sites for hydroxylation is 1. The molecule has 4 rings (SSSR count). The first kappa shape index (κ1) is 23.7. The van der Waals surface area contributed by atoms with E-state index in [1.807, 2.05) is 29.9 Å². The van der Waals surface area contributed by atoms with E-state index in [9.17, 15) is 13.2 Å². The van der Waals surface area contributed by atoms with Gasteiger partial charge in [-0.3, -0.25) is 4.68 Å². The van der Waals surface area contributed by atoms with Crippen LogP contribution in [0.5, 0.6) is 0 Å². The number of morpholine rings is 1. The highest BCUT2D eigenvalue weighted by atomic mass is 32.2. The smallest absolute Gasteiger partial charge is 0.404 e. The molecule has 0 radical (unpaired) electrons. The highest BCUT2D eigenvalue weighted by molar-refractivity contribution is 7.89. The Bertz CT molecular complexity index is 1070. The molecule has 0 saturated carbocycles. The number of ether oxygens (including phenoxy) is 1. The quantitative estimate of drug-likeness (QED) is 0.622. The second-order valence-electron chi connectivity index (χ2n) is 8.55. The number of piperidine rings is 1. The molecule has 1 aromatic carbocycles. The zero-order valence-corrected chi connectivity index (χ0v) is 19.6. The average Bonchev–Trinajstić information content (AvgIpc) is 3.28. The standard InChI is InChI=1S/C22H31N5O5S/c1-17-2-3-18(14-21(17)33(30,31)27-10-12-32-13-11-27)19-15-23-26(16-19)9-8-25-6-4-20(5-7-25)24-22(28)29/h2-3,14-16,20,24H,4-13H2,1H3,(H,28,29). The summed E-state index contributed by atoms with van der Waals surface area (Å²) < 4.78 is 35.0. The van der Waals surface area contributed by atoms with Crippen molar-refractivity contribution in [2.45, 2.75) is 37.2 Å². The monoisotopic (exact) mass is 477 g/mol. The number of hydrogen-bond acceptors (Lipinski definition) is 6. The Morgan fingerprint density at radius 1 is 1.15 bits per heavy atom. The van der Waals surface area contributed by atoms with Gasteiger partial charge in [0.2, 0.25) is 10.0 Å². The summed E-state index contributed by atoms with van der Waals surface area (Å²) in [6, 6.07) is 5.53. The van der Waals surface area contributed by atoms with Gasteiger partial charge in [0.15, 0.2) is 0 Å². The van der Waals surface area contributed by atoms with Gasteiger partial charge in [0.05, 0.1) is 30.9 Å². The molecule has 0 atom stereocenters. The number of nitrogens with one attached hydrogen (secondary N) is 1. The minimum atomic E-state index is -3.58. The molecule has 0 bridgehead atoms. The van der Waals surface area contributed by atoms with Crippen molar-refractivity contribution in [1.29, 1.82) is 0 Å². The van der Waals surface area contributed by atoms with Gasteiger partial charge in [-0.25, -0.2) is 13.2 Å². The van der Waals surface area contributed by atoms with Gasteiger partial charge in [-0.15, -0.1) is 0 Å². The van der Waals surface area contributed by atoms with Crippen molar-refractivity contribution >= 4 is 16.1 Å². The number of benzene rings is 1. The van der Waals surface area contributed by atoms with Crippen molar-refractivity contribution in [1.82, 2.24) is 24.3 Å². The number of aromatic nitrogens is 2. The van der Waals surface area contributed by atoms with E-state index >= 15 is 0 Å². The SMILES string of the molecule is Cc1ccc(-c2cnn(CCN3CCC(NC(=O)O)CC3)c2)cc1S(=O)(=O)N1CCOCC1. The number of hydrogen-bond donors (Lipinski definition) is 2. The molecule has 2 aliphatic heterocycles. The Kier molecular flexibility index (Phi) is 7.32. The summed E-state index contributed by atoms with van der Waals surface area (Å²) in [5.74, 6) is 0. The molecule has 10 nitrogen and oxygen atoms in total. The number of amides is 1. The maximum Gasteiger partial charge on any atom is 0.404 e. The Morgan fingerprint density at radius 2 is 1.88 bits per heavy atom. The molecule has 1 amide bonds. The van der Waals surface area contributed by atoms with Crippen LogP contribution in [0.3, 0.4) is 0 Å². The molecular weight excluding hydrogens is 446 g/mol. The van der Waals surface area contributed by atoms with E-state index in [4.69, 9.17) is 9.84 Å². The minimum Gasteiger partial charge on any atom is -0.465 e. The van der Waals surface area contributed by atoms with Crippen LogP contribution in [0.25, 0.3) is 11.1 Å². The van der Waals surface area contributed by atoms with E-state index in [1.54, 1.807) is 12.3 Å². The maximum atomic E-state index is 13.2. The lowest BCUT2D eigenvalue weighted by Gasteiger charge is -2.31. The van der Waals surface area contributed by atoms with Crippen molar-refractivity contribution in [2.24, 2.45) is 0 Å². The molecule has 0 spiro atoms. The molecule has 0 unspecified atom stereocenters. The van der Waals surface area contributed by atoms with Crippen molar-refractivity contribution in [3.63, 3.8) is 0 Å². The van der Waals surface area contributed by atoms with Gasteiger partial charge in [-0.05, 0) is 37.0 Å². The number of rotatable bonds is 7. The number of nitrogens with zero attached hydrogens (tertiary/aromatic N) is 4. The Hall–Kier alpha value is -2.47. The van der Waals surface area contributed by atoms with Gasteiger partial charge >= 0.3 is 6.09 Å². The van der Waals surface area contributed by atoms with Crippen molar-refractivity contribution in [3.8, 4) is 11.1 Å². The van der Waals surface area contributed by atoms with Gasteiger partial charge < -0.3 is 20.1 Å². The first-order valence-electron chi connectivity index (χ1n) is 11.3. The van der Waals surface area contributed by atoms with E-state index in [1.165, 1.54) is 4.31 Å². The number of sulfonamides is 1. The number of carboxylic acid groups (broad SMARTS) is 1. The normalized spacial score (nSPS) is 18.9. The lowest BCUT2D eigenvalue weighted by Crippen LogP contribution is -2.44. The Labute approximate surface area is 194 Å². The van der Waals surface area contributed by atoms with Crippen LogP contribution in [0, 0.1) is 6.92 Å². The van der Waals surface area contributed by atoms with Crippen LogP contribution in [0.4, 0.5) is 4.79 Å². The molecular formula is C22H31N5O5S. The Balaban J connectivity index is 1.39. The molecule has 2 aromatic rings. The highest BCUT2D eigenvalue weighted by Crippen LogP contribution is 2.27. The molecule has 11 heteroatoms. The maximum absolute atomic E-state index is 13.2. The summed E-state index contributed by atoms with van der Waals surface area (Å²) >= 11 is 0. The molecule has 2 aliphatic rings. The predicted molar refractivity (Wildman–Crippen MR) is 123 cm³/mol. The molecule has 2 fully saturated rings. The second-order valence-corrected chi connectivity index (χ2v) is 10.5. The van der Waals surface area contributed by atoms with Crippen LogP contribution in [-0.4, -0.2) is 90.6 Å². The van der Waals surface area contributed by atoms with Crippen molar-refractivity contribution in [2.75, 3.05) is 45.9 Å². The zero-order chi connectivity index (χ0) is 23.4. The number of carbonyl (C=O) groups is 1. The van der Waals surface area contributed by atoms with E-state index < -0.39 is 16.1 Å². The summed E-state index contributed by atoms with van der Waals surface area (Å²) in [5, 5.41) is 15.9. The lowest BCUT2D eigenvalue weighted by atomic mass is 10.1. The number of likely N-dealkylation sites (tertiary alicyclic amines) is 1. The van der Waals surface area contributed by atoms with Gasteiger partial charge in [0, 0.05) is 50.5 Å². The molecule has 0 aliphatic carbocycles. The lowest BCUT2D eigenvalue weighted by molar-refractivity contribution is 0.0730. The average molecular weight is 478 g/mol. The van der Waals surface area contributed by atoms with E-state index in [0.29, 0.717) is 37.7 Å². The third-order valence-corrected chi connectivity index (χ3v) is 8.34. The fourth-order valence-corrected chi connectivity index (χ4v) is 6.00. The second kappa shape index (κ2) is 10.2. The Morgan fingerprint density at radius 3 is 2.58 bits per heavy atom. The summed E-state index contributed by atoms with van der Waals surface area (Å²) in [6.45, 7) is 6.61. The van der Waals surface area contributed by atoms with Gasteiger partial charge in [-0.2, -0.15) is 9.40 Å². The molecule has 1 aromatic heterocycles. The molecule has 180 valence electrons. The fraction of sp³-hybridized carbons (Fsp3) is 0.545. The van der Waals surface area contributed by atoms with E-state index in [2.05, 4.69) is 15.3 Å². The molecule has 3 heterocycles. The fourth-order valence-electron chi connectivity index (χ4n) is 4.34. The van der Waals surface area contributed by atoms with Crippen LogP contribution in [0.15, 0.2) is 35.5 Å². The first-order valence-corrected chi connectivity index (χ1v) is 12.7. The molecule has 2 saturated heterocycles. The van der Waals surface area contributed by atoms with Gasteiger partial charge in [0.25, 0.3) is 0 Å². The first-order chi connectivity index (χ1) is 15.8. The van der Waals surface area contributed by atoms with Gasteiger partial charge in [0.1, 0.15) is 0 Å². The van der Waals surface area contributed by atoms with Crippen LogP contribution in [0.2, 0.25) is 0 Å². The zero-order valence-electron chi connectivity index (χ0n) is 18.8. The predicted octanol–water partition coefficient (Wildman–Crippen LogP) is 1.61. The molecule has 2 N–H and O–H groups in total. The van der Waals surface area contributed by atoms with Crippen molar-refractivity contribution < 1.29 is 23.1 Å². The summed E-state index contributed by atoms with van der Waals surface area (Å²) in [7, 11) is -3.58. The van der Waals surface area contributed by atoms with Crippen LogP contribution in [-0.2, 0) is 21.3 Å². The molecule has 33 heavy (non-hydrogen) atoms. The van der Waals surface area contributed by atoms with Crippen LogP contribution < -0.4 is 5.32 Å². The van der Waals surface area contributed by atoms with E-state index in [0.717, 1.165) is 49.2 Å². The van der Waals surface area contributed by atoms with Crippen molar-refractivity contribution in [3.05, 3.63) is 36.2 Å². The third kappa shape index (κ3) is 5.72. The third-order valence-electron chi connectivity index (χ3n) is 6.30. The summed E-state index contributed by atoms with van der Waals surface area (Å²) in [5.41, 5.74) is 2.41. The summed E-state index contributed by atoms with van der Waals surface area (Å²) in [6.07, 6.45) is 4.35. The van der Waals surface area contributed by atoms with Gasteiger partial charge in [-0.1, -0.05) is 12.1 Å². The minimum absolute atomic E-state index is 0.0273. The van der Waals surface area contributed by atoms with Crippen LogP contribution in [0.1, 0.15) is 18.4 Å². The topological polar surface area (TPSA) is 117 Å². The summed E-state index contributed by atoms with van der Waals surface area (Å²) in [4.78, 5) is 13.4. The van der Waals surface area contributed by atoms with Crippen LogP contribution >= 0.6 is 0 Å².